The lowest BCUT2D eigenvalue weighted by molar-refractivity contribution is 0.708. The number of aromatic nitrogens is 2. The minimum absolute atomic E-state index is 0.528. The predicted octanol–water partition coefficient (Wildman–Crippen LogP) is 12.9. The van der Waals surface area contributed by atoms with Crippen LogP contribution in [0, 0.1) is 0 Å². The van der Waals surface area contributed by atoms with E-state index < -0.39 is 5.41 Å². The molecule has 0 radical (unpaired) electrons. The van der Waals surface area contributed by atoms with E-state index in [-0.39, 0.29) is 0 Å². The van der Waals surface area contributed by atoms with Crippen molar-refractivity contribution in [1.82, 2.24) is 9.55 Å². The van der Waals surface area contributed by atoms with Crippen molar-refractivity contribution in [2.45, 2.75) is 15.2 Å². The Morgan fingerprint density at radius 1 is 0.396 bits per heavy atom. The summed E-state index contributed by atoms with van der Waals surface area (Å²) in [5.74, 6) is 0.941. The van der Waals surface area contributed by atoms with Crippen LogP contribution in [0.15, 0.2) is 204 Å². The smallest absolute Gasteiger partial charge is 0.145 e. The Morgan fingerprint density at radius 3 is 1.66 bits per heavy atom. The van der Waals surface area contributed by atoms with Crippen LogP contribution in [0.4, 0.5) is 0 Å². The molecule has 53 heavy (non-hydrogen) atoms. The van der Waals surface area contributed by atoms with E-state index in [9.17, 15) is 0 Å². The number of rotatable bonds is 3. The van der Waals surface area contributed by atoms with E-state index in [1.807, 2.05) is 11.8 Å². The third-order valence-electron chi connectivity index (χ3n) is 11.1. The molecule has 1 aliphatic carbocycles. The first-order chi connectivity index (χ1) is 26.3. The number of fused-ring (bicyclic) bond motifs is 12. The Bertz CT molecular complexity index is 2820. The van der Waals surface area contributed by atoms with E-state index >= 15 is 0 Å². The third-order valence-corrected chi connectivity index (χ3v) is 12.3. The van der Waals surface area contributed by atoms with Crippen LogP contribution in [0.3, 0.4) is 0 Å². The number of imidazole rings is 1. The average molecular weight is 693 g/mol. The van der Waals surface area contributed by atoms with E-state index in [0.29, 0.717) is 0 Å². The van der Waals surface area contributed by atoms with Gasteiger partial charge in [-0.15, -0.1) is 0 Å². The molecule has 1 aliphatic heterocycles. The van der Waals surface area contributed by atoms with Crippen molar-refractivity contribution in [3.05, 3.63) is 216 Å². The average Bonchev–Trinajstić information content (AvgIpc) is 3.59. The van der Waals surface area contributed by atoms with E-state index in [1.165, 1.54) is 65.4 Å². The van der Waals surface area contributed by atoms with Gasteiger partial charge in [0.05, 0.1) is 16.4 Å². The molecule has 2 nitrogen and oxygen atoms in total. The normalized spacial score (nSPS) is 13.4. The first-order valence-corrected chi connectivity index (χ1v) is 18.9. The highest BCUT2D eigenvalue weighted by Crippen LogP contribution is 2.61. The minimum atomic E-state index is -0.528. The van der Waals surface area contributed by atoms with Gasteiger partial charge in [-0.2, -0.15) is 0 Å². The van der Waals surface area contributed by atoms with Gasteiger partial charge < -0.3 is 0 Å². The van der Waals surface area contributed by atoms with Crippen molar-refractivity contribution in [3.63, 3.8) is 0 Å². The Morgan fingerprint density at radius 2 is 0.943 bits per heavy atom. The number of nitrogens with zero attached hydrogens (tertiary/aromatic N) is 2. The van der Waals surface area contributed by atoms with Crippen LogP contribution in [-0.2, 0) is 5.41 Å². The summed E-state index contributed by atoms with van der Waals surface area (Å²) >= 11 is 1.88. The van der Waals surface area contributed by atoms with E-state index in [2.05, 4.69) is 199 Å². The standard InChI is InChI=1S/C50H32N2S/c1-2-14-34(15-3-1)49-51-45-22-10-11-23-46(45)52(49)36-29-26-33(27-30-36)35-28-31-40-38-17-5-4-16-37(38)39-18-6-7-19-41(39)50(44(40)32-35)42-20-8-12-24-47(42)53-48-25-13-9-21-43(48)50/h1-32H. The van der Waals surface area contributed by atoms with Crippen LogP contribution in [0.5, 0.6) is 0 Å². The van der Waals surface area contributed by atoms with Crippen molar-refractivity contribution in [3.8, 4) is 50.5 Å². The SMILES string of the molecule is c1ccc(-c2nc3ccccc3n2-c2ccc(-c3ccc4c(c3)C3(c5ccccc5Sc5ccccc53)c3ccccc3-c3ccccc3-4)cc2)cc1. The van der Waals surface area contributed by atoms with Gasteiger partial charge in [0.15, 0.2) is 0 Å². The Kier molecular flexibility index (Phi) is 6.74. The molecule has 0 fully saturated rings. The van der Waals surface area contributed by atoms with Crippen molar-refractivity contribution in [2.75, 3.05) is 0 Å². The van der Waals surface area contributed by atoms with Crippen molar-refractivity contribution >= 4 is 22.8 Å². The quantitative estimate of drug-likeness (QED) is 0.183. The van der Waals surface area contributed by atoms with Gasteiger partial charge in [0.1, 0.15) is 5.82 Å². The summed E-state index contributed by atoms with van der Waals surface area (Å²) in [6.07, 6.45) is 0. The number of benzene rings is 8. The van der Waals surface area contributed by atoms with Crippen LogP contribution in [0.2, 0.25) is 0 Å². The van der Waals surface area contributed by atoms with Crippen LogP contribution >= 0.6 is 11.8 Å². The molecular weight excluding hydrogens is 661 g/mol. The number of hydrogen-bond acceptors (Lipinski definition) is 2. The molecule has 8 aromatic carbocycles. The van der Waals surface area contributed by atoms with E-state index in [1.54, 1.807) is 0 Å². The zero-order chi connectivity index (χ0) is 34.9. The molecule has 1 aromatic heterocycles. The molecule has 0 N–H and O–H groups in total. The van der Waals surface area contributed by atoms with Gasteiger partial charge in [0.2, 0.25) is 0 Å². The number of hydrogen-bond donors (Lipinski definition) is 0. The molecular formula is C50H32N2S. The maximum atomic E-state index is 5.08. The van der Waals surface area contributed by atoms with Gasteiger partial charge in [-0.3, -0.25) is 4.57 Å². The molecule has 0 saturated carbocycles. The Hall–Kier alpha value is -6.42. The predicted molar refractivity (Wildman–Crippen MR) is 219 cm³/mol. The molecule has 1 spiro atoms. The summed E-state index contributed by atoms with van der Waals surface area (Å²) in [5.41, 5.74) is 16.5. The molecule has 0 unspecified atom stereocenters. The third kappa shape index (κ3) is 4.44. The summed E-state index contributed by atoms with van der Waals surface area (Å²) in [7, 11) is 0. The van der Waals surface area contributed by atoms with Gasteiger partial charge >= 0.3 is 0 Å². The summed E-state index contributed by atoms with van der Waals surface area (Å²) < 4.78 is 2.28. The second-order valence-electron chi connectivity index (χ2n) is 13.9. The minimum Gasteiger partial charge on any atom is -0.292 e. The fourth-order valence-corrected chi connectivity index (χ4v) is 10.1. The first kappa shape index (κ1) is 30.2. The van der Waals surface area contributed by atoms with E-state index in [4.69, 9.17) is 4.98 Å². The zero-order valence-electron chi connectivity index (χ0n) is 28.8. The highest BCUT2D eigenvalue weighted by molar-refractivity contribution is 7.99. The van der Waals surface area contributed by atoms with Gasteiger partial charge in [-0.25, -0.2) is 4.98 Å². The maximum Gasteiger partial charge on any atom is 0.145 e. The van der Waals surface area contributed by atoms with Gasteiger partial charge in [-0.1, -0.05) is 163 Å². The second kappa shape index (κ2) is 11.8. The Labute approximate surface area is 313 Å². The zero-order valence-corrected chi connectivity index (χ0v) is 29.6. The topological polar surface area (TPSA) is 17.8 Å². The van der Waals surface area contributed by atoms with Crippen molar-refractivity contribution < 1.29 is 0 Å². The van der Waals surface area contributed by atoms with Gasteiger partial charge in [0.25, 0.3) is 0 Å². The Balaban J connectivity index is 1.16. The van der Waals surface area contributed by atoms with Crippen molar-refractivity contribution in [2.24, 2.45) is 0 Å². The molecule has 2 heterocycles. The molecule has 0 saturated heterocycles. The lowest BCUT2D eigenvalue weighted by Crippen LogP contribution is -2.34. The van der Waals surface area contributed by atoms with Crippen molar-refractivity contribution in [1.29, 1.82) is 0 Å². The summed E-state index contributed by atoms with van der Waals surface area (Å²) in [6.45, 7) is 0. The van der Waals surface area contributed by atoms with Crippen LogP contribution < -0.4 is 0 Å². The lowest BCUT2D eigenvalue weighted by atomic mass is 9.63. The number of para-hydroxylation sites is 2. The first-order valence-electron chi connectivity index (χ1n) is 18.1. The fraction of sp³-hybridized carbons (Fsp3) is 0.0200. The summed E-state index contributed by atoms with van der Waals surface area (Å²) in [4.78, 5) is 7.68. The largest absolute Gasteiger partial charge is 0.292 e. The molecule has 248 valence electrons. The summed E-state index contributed by atoms with van der Waals surface area (Å²) in [6, 6.07) is 71.2. The van der Waals surface area contributed by atoms with Gasteiger partial charge in [0, 0.05) is 21.0 Å². The summed E-state index contributed by atoms with van der Waals surface area (Å²) in [5, 5.41) is 0. The molecule has 0 bridgehead atoms. The van der Waals surface area contributed by atoms with E-state index in [0.717, 1.165) is 28.1 Å². The van der Waals surface area contributed by atoms with Crippen LogP contribution in [0.1, 0.15) is 22.3 Å². The lowest BCUT2D eigenvalue weighted by Gasteiger charge is -2.43. The maximum absolute atomic E-state index is 5.08. The molecule has 2 aliphatic rings. The molecule has 3 heteroatoms. The van der Waals surface area contributed by atoms with Gasteiger partial charge in [-0.05, 0) is 98.1 Å². The molecule has 9 aromatic rings. The fourth-order valence-electron chi connectivity index (χ4n) is 8.86. The molecule has 11 rings (SSSR count). The van der Waals surface area contributed by atoms with Crippen LogP contribution in [0.25, 0.3) is 61.5 Å². The molecule has 0 atom stereocenters. The second-order valence-corrected chi connectivity index (χ2v) is 15.0. The molecule has 0 amide bonds. The van der Waals surface area contributed by atoms with Crippen LogP contribution in [-0.4, -0.2) is 9.55 Å². The highest BCUT2D eigenvalue weighted by atomic mass is 32.2. The monoisotopic (exact) mass is 692 g/mol. The highest BCUT2D eigenvalue weighted by Gasteiger charge is 2.48.